The number of hydrogen-bond donors (Lipinski definition) is 0. The first-order valence-corrected chi connectivity index (χ1v) is 4.94. The number of ketones is 1. The molecule has 0 saturated carbocycles. The molecule has 0 amide bonds. The summed E-state index contributed by atoms with van der Waals surface area (Å²) < 4.78 is 41.0. The van der Waals surface area contributed by atoms with Crippen molar-refractivity contribution in [3.63, 3.8) is 0 Å². The Balaban J connectivity index is 3.17. The first-order valence-electron chi connectivity index (χ1n) is 3.86. The minimum absolute atomic E-state index is 0.0336. The van der Waals surface area contributed by atoms with Gasteiger partial charge in [-0.1, -0.05) is 0 Å². The molecule has 15 heavy (non-hydrogen) atoms. The maximum absolute atomic E-state index is 13.2. The molecular formula is C9H6F3IO2. The van der Waals surface area contributed by atoms with Gasteiger partial charge in [0.15, 0.2) is 5.78 Å². The Morgan fingerprint density at radius 1 is 1.47 bits per heavy atom. The van der Waals surface area contributed by atoms with Crippen LogP contribution in [0.5, 0.6) is 5.75 Å². The van der Waals surface area contributed by atoms with Gasteiger partial charge in [0, 0.05) is 11.6 Å². The Morgan fingerprint density at radius 3 is 2.53 bits per heavy atom. The highest BCUT2D eigenvalue weighted by Gasteiger charge is 2.14. The maximum atomic E-state index is 13.2. The standard InChI is InChI=1S/C9H6F3IO2/c1-4(14)6-2-5(15-9(11)12)3-7(10)8(6)13/h2-3,9H,1H3. The Morgan fingerprint density at radius 2 is 2.07 bits per heavy atom. The zero-order valence-corrected chi connectivity index (χ0v) is 9.72. The van der Waals surface area contributed by atoms with Gasteiger partial charge in [-0.2, -0.15) is 8.78 Å². The number of halogens is 4. The summed E-state index contributed by atoms with van der Waals surface area (Å²) in [7, 11) is 0. The van der Waals surface area contributed by atoms with Gasteiger partial charge < -0.3 is 4.74 Å². The normalized spacial score (nSPS) is 10.5. The zero-order chi connectivity index (χ0) is 11.6. The lowest BCUT2D eigenvalue weighted by molar-refractivity contribution is -0.0500. The molecule has 1 aromatic rings. The third-order valence-electron chi connectivity index (χ3n) is 1.61. The minimum Gasteiger partial charge on any atom is -0.435 e. The molecule has 0 radical (unpaired) electrons. The number of benzene rings is 1. The van der Waals surface area contributed by atoms with Crippen LogP contribution in [0.1, 0.15) is 17.3 Å². The molecule has 6 heteroatoms. The van der Waals surface area contributed by atoms with E-state index in [1.165, 1.54) is 6.92 Å². The summed E-state index contributed by atoms with van der Waals surface area (Å²) in [6.45, 7) is -1.81. The fourth-order valence-corrected chi connectivity index (χ4v) is 1.68. The molecular weight excluding hydrogens is 324 g/mol. The number of alkyl halides is 2. The van der Waals surface area contributed by atoms with Crippen LogP contribution in [0.4, 0.5) is 13.2 Å². The van der Waals surface area contributed by atoms with E-state index in [9.17, 15) is 18.0 Å². The Bertz CT molecular complexity index is 393. The van der Waals surface area contributed by atoms with Gasteiger partial charge >= 0.3 is 6.61 Å². The first kappa shape index (κ1) is 12.3. The lowest BCUT2D eigenvalue weighted by Crippen LogP contribution is -2.05. The van der Waals surface area contributed by atoms with E-state index in [0.29, 0.717) is 0 Å². The van der Waals surface area contributed by atoms with Crippen LogP contribution in [0.25, 0.3) is 0 Å². The van der Waals surface area contributed by atoms with Gasteiger partial charge in [0.1, 0.15) is 11.6 Å². The minimum atomic E-state index is -3.04. The third kappa shape index (κ3) is 3.08. The van der Waals surface area contributed by atoms with E-state index in [2.05, 4.69) is 4.74 Å². The second kappa shape index (κ2) is 4.82. The van der Waals surface area contributed by atoms with Crippen molar-refractivity contribution in [3.05, 3.63) is 27.1 Å². The van der Waals surface area contributed by atoms with Gasteiger partial charge in [-0.15, -0.1) is 0 Å². The number of ether oxygens (including phenoxy) is 1. The third-order valence-corrected chi connectivity index (χ3v) is 2.70. The van der Waals surface area contributed by atoms with Gasteiger partial charge in [0.2, 0.25) is 0 Å². The highest BCUT2D eigenvalue weighted by atomic mass is 127. The molecule has 0 fully saturated rings. The van der Waals surface area contributed by atoms with E-state index >= 15 is 0 Å². The van der Waals surface area contributed by atoms with Crippen LogP contribution in [0, 0.1) is 9.39 Å². The molecule has 82 valence electrons. The van der Waals surface area contributed by atoms with Gasteiger partial charge in [-0.05, 0) is 35.6 Å². The molecule has 1 aromatic carbocycles. The Labute approximate surface area is 97.6 Å². The summed E-state index contributed by atoms with van der Waals surface area (Å²) in [6.07, 6.45) is 0. The molecule has 0 aliphatic rings. The predicted molar refractivity (Wildman–Crippen MR) is 55.8 cm³/mol. The van der Waals surface area contributed by atoms with Gasteiger partial charge in [0.05, 0.1) is 3.57 Å². The van der Waals surface area contributed by atoms with Gasteiger partial charge in [-0.3, -0.25) is 4.79 Å². The number of carbonyl (C=O) groups excluding carboxylic acids is 1. The molecule has 1 rings (SSSR count). The van der Waals surface area contributed by atoms with Crippen molar-refractivity contribution in [1.82, 2.24) is 0 Å². The van der Waals surface area contributed by atoms with Gasteiger partial charge in [0.25, 0.3) is 0 Å². The molecule has 0 N–H and O–H groups in total. The number of rotatable bonds is 3. The van der Waals surface area contributed by atoms with Crippen LogP contribution in [0.3, 0.4) is 0 Å². The Hall–Kier alpha value is -0.790. The average Bonchev–Trinajstić information content (AvgIpc) is 2.09. The zero-order valence-electron chi connectivity index (χ0n) is 7.56. The van der Waals surface area contributed by atoms with Crippen molar-refractivity contribution < 1.29 is 22.7 Å². The van der Waals surface area contributed by atoms with Crippen molar-refractivity contribution in [2.45, 2.75) is 13.5 Å². The second-order valence-electron chi connectivity index (χ2n) is 2.70. The SMILES string of the molecule is CC(=O)c1cc(OC(F)F)cc(F)c1I. The van der Waals surface area contributed by atoms with E-state index < -0.39 is 18.2 Å². The van der Waals surface area contributed by atoms with Crippen molar-refractivity contribution in [2.75, 3.05) is 0 Å². The lowest BCUT2D eigenvalue weighted by Gasteiger charge is -2.07. The topological polar surface area (TPSA) is 26.3 Å². The largest absolute Gasteiger partial charge is 0.435 e. The van der Waals surface area contributed by atoms with Crippen molar-refractivity contribution in [2.24, 2.45) is 0 Å². The summed E-state index contributed by atoms with van der Waals surface area (Å²) >= 11 is 1.63. The van der Waals surface area contributed by atoms with E-state index in [-0.39, 0.29) is 14.9 Å². The highest BCUT2D eigenvalue weighted by molar-refractivity contribution is 14.1. The molecule has 0 aromatic heterocycles. The first-order chi connectivity index (χ1) is 6.91. The summed E-state index contributed by atoms with van der Waals surface area (Å²) in [4.78, 5) is 11.0. The summed E-state index contributed by atoms with van der Waals surface area (Å²) in [5, 5.41) is 0. The van der Waals surface area contributed by atoms with E-state index in [1.54, 1.807) is 22.6 Å². The number of Topliss-reactive ketones (excluding diaryl/α,β-unsaturated/α-hetero) is 1. The quantitative estimate of drug-likeness (QED) is 0.628. The fraction of sp³-hybridized carbons (Fsp3) is 0.222. The molecule has 0 bridgehead atoms. The summed E-state index contributed by atoms with van der Waals surface area (Å²) in [5.41, 5.74) is 0.0336. The monoisotopic (exact) mass is 330 g/mol. The van der Waals surface area contributed by atoms with Crippen molar-refractivity contribution in [3.8, 4) is 5.75 Å². The molecule has 0 heterocycles. The molecule has 0 aliphatic carbocycles. The summed E-state index contributed by atoms with van der Waals surface area (Å²) in [5.74, 6) is -1.51. The molecule has 0 spiro atoms. The van der Waals surface area contributed by atoms with Crippen LogP contribution in [-0.2, 0) is 0 Å². The highest BCUT2D eigenvalue weighted by Crippen LogP contribution is 2.24. The fourth-order valence-electron chi connectivity index (χ4n) is 0.991. The molecule has 0 unspecified atom stereocenters. The van der Waals surface area contributed by atoms with Crippen LogP contribution in [0.2, 0.25) is 0 Å². The maximum Gasteiger partial charge on any atom is 0.387 e. The summed E-state index contributed by atoms with van der Waals surface area (Å²) in [6, 6.07) is 1.92. The van der Waals surface area contributed by atoms with E-state index in [1.807, 2.05) is 0 Å². The van der Waals surface area contributed by atoms with Crippen molar-refractivity contribution >= 4 is 28.4 Å². The lowest BCUT2D eigenvalue weighted by atomic mass is 10.1. The van der Waals surface area contributed by atoms with Crippen LogP contribution >= 0.6 is 22.6 Å². The Kier molecular flexibility index (Phi) is 3.95. The number of hydrogen-bond acceptors (Lipinski definition) is 2. The van der Waals surface area contributed by atoms with Gasteiger partial charge in [-0.25, -0.2) is 4.39 Å². The smallest absolute Gasteiger partial charge is 0.387 e. The van der Waals surface area contributed by atoms with E-state index in [0.717, 1.165) is 12.1 Å². The molecule has 2 nitrogen and oxygen atoms in total. The molecule has 0 atom stereocenters. The molecule has 0 aliphatic heterocycles. The van der Waals surface area contributed by atoms with Crippen molar-refractivity contribution in [1.29, 1.82) is 0 Å². The van der Waals surface area contributed by atoms with Crippen LogP contribution in [0.15, 0.2) is 12.1 Å². The number of carbonyl (C=O) groups is 1. The van der Waals surface area contributed by atoms with E-state index in [4.69, 9.17) is 0 Å². The van der Waals surface area contributed by atoms with Crippen LogP contribution in [-0.4, -0.2) is 12.4 Å². The van der Waals surface area contributed by atoms with Crippen LogP contribution < -0.4 is 4.74 Å². The molecule has 0 saturated heterocycles. The second-order valence-corrected chi connectivity index (χ2v) is 3.78. The average molecular weight is 330 g/mol. The predicted octanol–water partition coefficient (Wildman–Crippen LogP) is 3.23.